The van der Waals surface area contributed by atoms with Crippen molar-refractivity contribution in [3.05, 3.63) is 59.8 Å². The lowest BCUT2D eigenvalue weighted by molar-refractivity contribution is -0.159. The summed E-state index contributed by atoms with van der Waals surface area (Å²) in [7, 11) is 0. The molecule has 0 heterocycles. The summed E-state index contributed by atoms with van der Waals surface area (Å²) >= 11 is 0. The van der Waals surface area contributed by atoms with Gasteiger partial charge in [0.25, 0.3) is 0 Å². The van der Waals surface area contributed by atoms with Crippen molar-refractivity contribution in [3.63, 3.8) is 0 Å². The fourth-order valence-electron chi connectivity index (χ4n) is 1.90. The second-order valence-corrected chi connectivity index (χ2v) is 5.11. The Balaban J connectivity index is 2.29. The van der Waals surface area contributed by atoms with Gasteiger partial charge < -0.3 is 11.5 Å². The third kappa shape index (κ3) is 2.76. The van der Waals surface area contributed by atoms with Crippen LogP contribution in [0.15, 0.2) is 59.8 Å². The second-order valence-electron chi connectivity index (χ2n) is 5.11. The van der Waals surface area contributed by atoms with Gasteiger partial charge in [0, 0.05) is 0 Å². The molecule has 8 heteroatoms. The molecule has 0 saturated heterocycles. The zero-order valence-electron chi connectivity index (χ0n) is 11.0. The molecular weight excluding hydrogens is 310 g/mol. The quantitative estimate of drug-likeness (QED) is 0.674. The molecule has 0 atom stereocenters. The molecule has 0 spiro atoms. The lowest BCUT2D eigenvalue weighted by atomic mass is 9.87. The van der Waals surface area contributed by atoms with Gasteiger partial charge in [0.2, 0.25) is 0 Å². The second kappa shape index (κ2) is 4.85. The van der Waals surface area contributed by atoms with Gasteiger partial charge in [0.15, 0.2) is 11.1 Å². The SMILES string of the molecule is NC1(C(F)(F)F)C=CC(=C2C=CC(N)(C(F)(F)F)C=C2)C=C1. The van der Waals surface area contributed by atoms with Crippen LogP contribution in [-0.2, 0) is 0 Å². The number of hydrogen-bond acceptors (Lipinski definition) is 2. The van der Waals surface area contributed by atoms with Crippen molar-refractivity contribution in [1.29, 1.82) is 0 Å². The van der Waals surface area contributed by atoms with Crippen molar-refractivity contribution in [2.75, 3.05) is 0 Å². The molecule has 0 bridgehead atoms. The summed E-state index contributed by atoms with van der Waals surface area (Å²) in [5.41, 5.74) is 5.86. The Morgan fingerprint density at radius 2 is 0.818 bits per heavy atom. The minimum absolute atomic E-state index is 0.307. The van der Waals surface area contributed by atoms with Crippen molar-refractivity contribution in [2.24, 2.45) is 11.5 Å². The minimum atomic E-state index is -4.66. The van der Waals surface area contributed by atoms with E-state index in [4.69, 9.17) is 11.5 Å². The number of allylic oxidation sites excluding steroid dienone is 6. The van der Waals surface area contributed by atoms with Crippen LogP contribution in [0.5, 0.6) is 0 Å². The van der Waals surface area contributed by atoms with Crippen LogP contribution in [0.25, 0.3) is 0 Å². The summed E-state index contributed by atoms with van der Waals surface area (Å²) in [5.74, 6) is 0. The summed E-state index contributed by atoms with van der Waals surface area (Å²) in [4.78, 5) is 0. The summed E-state index contributed by atoms with van der Waals surface area (Å²) < 4.78 is 76.3. The van der Waals surface area contributed by atoms with E-state index in [-0.39, 0.29) is 0 Å². The van der Waals surface area contributed by atoms with Crippen LogP contribution in [0.1, 0.15) is 0 Å². The summed E-state index contributed by atoms with van der Waals surface area (Å²) in [6.45, 7) is 0. The first-order chi connectivity index (χ1) is 9.88. The minimum Gasteiger partial charge on any atom is -0.311 e. The van der Waals surface area contributed by atoms with E-state index in [1.165, 1.54) is 0 Å². The molecule has 22 heavy (non-hydrogen) atoms. The van der Waals surface area contributed by atoms with Gasteiger partial charge in [-0.25, -0.2) is 0 Å². The molecule has 2 rings (SSSR count). The molecule has 0 aromatic heterocycles. The van der Waals surface area contributed by atoms with E-state index in [1.807, 2.05) is 0 Å². The molecule has 0 radical (unpaired) electrons. The lowest BCUT2D eigenvalue weighted by Gasteiger charge is -2.29. The Morgan fingerprint density at radius 1 is 0.591 bits per heavy atom. The van der Waals surface area contributed by atoms with Gasteiger partial charge in [0.05, 0.1) is 0 Å². The molecule has 2 aliphatic rings. The van der Waals surface area contributed by atoms with E-state index in [0.29, 0.717) is 11.1 Å². The van der Waals surface area contributed by atoms with Crippen molar-refractivity contribution in [2.45, 2.75) is 23.4 Å². The Bertz CT molecular complexity index is 530. The first-order valence-corrected chi connectivity index (χ1v) is 6.10. The predicted octanol–water partition coefficient (Wildman–Crippen LogP) is 3.05. The smallest absolute Gasteiger partial charge is 0.311 e. The molecule has 4 N–H and O–H groups in total. The summed E-state index contributed by atoms with van der Waals surface area (Å²) in [6.07, 6.45) is -1.81. The first kappa shape index (κ1) is 16.6. The van der Waals surface area contributed by atoms with E-state index < -0.39 is 23.4 Å². The van der Waals surface area contributed by atoms with E-state index >= 15 is 0 Å². The van der Waals surface area contributed by atoms with Crippen molar-refractivity contribution < 1.29 is 26.3 Å². The predicted molar refractivity (Wildman–Crippen MR) is 69.5 cm³/mol. The normalized spacial score (nSPS) is 32.0. The van der Waals surface area contributed by atoms with Crippen LogP contribution in [0.4, 0.5) is 26.3 Å². The monoisotopic (exact) mass is 322 g/mol. The van der Waals surface area contributed by atoms with Gasteiger partial charge in [-0.1, -0.05) is 48.6 Å². The Morgan fingerprint density at radius 3 is 1.00 bits per heavy atom. The molecule has 0 aromatic carbocycles. The molecule has 120 valence electrons. The number of alkyl halides is 6. The van der Waals surface area contributed by atoms with E-state index in [0.717, 1.165) is 48.6 Å². The zero-order chi connectivity index (χ0) is 16.8. The topological polar surface area (TPSA) is 52.0 Å². The highest BCUT2D eigenvalue weighted by Gasteiger charge is 2.50. The summed E-state index contributed by atoms with van der Waals surface area (Å²) in [5, 5.41) is 0. The van der Waals surface area contributed by atoms with Gasteiger partial charge in [-0.05, 0) is 11.1 Å². The number of hydrogen-bond donors (Lipinski definition) is 2. The molecule has 0 aliphatic heterocycles. The molecule has 2 nitrogen and oxygen atoms in total. The van der Waals surface area contributed by atoms with Crippen LogP contribution in [0, 0.1) is 0 Å². The van der Waals surface area contributed by atoms with Crippen molar-refractivity contribution >= 4 is 0 Å². The molecule has 0 aromatic rings. The maximum absolute atomic E-state index is 12.7. The van der Waals surface area contributed by atoms with Gasteiger partial charge in [-0.2, -0.15) is 26.3 Å². The van der Waals surface area contributed by atoms with Gasteiger partial charge in [0.1, 0.15) is 0 Å². The number of rotatable bonds is 0. The lowest BCUT2D eigenvalue weighted by Crippen LogP contribution is -2.51. The Labute approximate surface area is 122 Å². The first-order valence-electron chi connectivity index (χ1n) is 6.10. The van der Waals surface area contributed by atoms with Crippen molar-refractivity contribution in [3.8, 4) is 0 Å². The Kier molecular flexibility index (Phi) is 3.65. The van der Waals surface area contributed by atoms with Gasteiger partial charge in [-0.15, -0.1) is 0 Å². The maximum Gasteiger partial charge on any atom is 0.413 e. The molecule has 0 fully saturated rings. The number of halogens is 6. The van der Waals surface area contributed by atoms with Crippen LogP contribution < -0.4 is 11.5 Å². The summed E-state index contributed by atoms with van der Waals surface area (Å²) in [6, 6.07) is 0. The van der Waals surface area contributed by atoms with Crippen LogP contribution in [0.2, 0.25) is 0 Å². The third-order valence-electron chi connectivity index (χ3n) is 3.47. The van der Waals surface area contributed by atoms with Crippen molar-refractivity contribution in [1.82, 2.24) is 0 Å². The van der Waals surface area contributed by atoms with E-state index in [1.54, 1.807) is 0 Å². The highest BCUT2D eigenvalue weighted by atomic mass is 19.4. The third-order valence-corrected chi connectivity index (χ3v) is 3.47. The Hall–Kier alpha value is -1.80. The molecule has 0 saturated carbocycles. The zero-order valence-corrected chi connectivity index (χ0v) is 11.0. The van der Waals surface area contributed by atoms with Crippen LogP contribution in [0.3, 0.4) is 0 Å². The highest BCUT2D eigenvalue weighted by Crippen LogP contribution is 2.36. The number of nitrogens with two attached hydrogens (primary N) is 2. The largest absolute Gasteiger partial charge is 0.413 e. The van der Waals surface area contributed by atoms with E-state index in [9.17, 15) is 26.3 Å². The van der Waals surface area contributed by atoms with Gasteiger partial charge in [-0.3, -0.25) is 0 Å². The van der Waals surface area contributed by atoms with Crippen LogP contribution in [-0.4, -0.2) is 23.4 Å². The molecular formula is C14H12F6N2. The molecule has 0 amide bonds. The average Bonchev–Trinajstić information content (AvgIpc) is 2.38. The fourth-order valence-corrected chi connectivity index (χ4v) is 1.90. The fraction of sp³-hybridized carbons (Fsp3) is 0.286. The van der Waals surface area contributed by atoms with E-state index in [2.05, 4.69) is 0 Å². The molecule has 2 aliphatic carbocycles. The standard InChI is InChI=1S/C14H12F6N2/c15-13(16,17)11(21)5-1-9(2-6-11)10-3-7-12(22,8-4-10)14(18,19)20/h1-8H,21-22H2. The molecule has 0 unspecified atom stereocenters. The highest BCUT2D eigenvalue weighted by molar-refractivity contribution is 5.54. The maximum atomic E-state index is 12.7. The van der Waals surface area contributed by atoms with Gasteiger partial charge >= 0.3 is 12.4 Å². The average molecular weight is 322 g/mol. The van der Waals surface area contributed by atoms with Crippen LogP contribution >= 0.6 is 0 Å².